The molecule has 0 bridgehead atoms. The Balaban J connectivity index is 2.35. The number of allylic oxidation sites excluding steroid dienone is 1. The lowest BCUT2D eigenvalue weighted by Gasteiger charge is -2.03. The van der Waals surface area contributed by atoms with Crippen molar-refractivity contribution in [2.24, 2.45) is 0 Å². The van der Waals surface area contributed by atoms with E-state index in [2.05, 4.69) is 30.2 Å². The SMILES string of the molecule is CC(C)=CCCNc1cccc(N)n1. The maximum Gasteiger partial charge on any atom is 0.128 e. The van der Waals surface area contributed by atoms with Crippen molar-refractivity contribution in [2.45, 2.75) is 20.3 Å². The Hall–Kier alpha value is -1.51. The number of nitrogens with two attached hydrogens (primary N) is 1. The Morgan fingerprint density at radius 1 is 1.50 bits per heavy atom. The molecular formula is C11H17N3. The van der Waals surface area contributed by atoms with Gasteiger partial charge in [0, 0.05) is 6.54 Å². The third-order valence-corrected chi connectivity index (χ3v) is 1.77. The molecule has 76 valence electrons. The summed E-state index contributed by atoms with van der Waals surface area (Å²) in [6.07, 6.45) is 3.21. The first-order valence-electron chi connectivity index (χ1n) is 4.78. The van der Waals surface area contributed by atoms with Crippen molar-refractivity contribution < 1.29 is 0 Å². The van der Waals surface area contributed by atoms with Crippen molar-refractivity contribution in [1.82, 2.24) is 4.98 Å². The number of aromatic nitrogens is 1. The fraction of sp³-hybridized carbons (Fsp3) is 0.364. The molecule has 3 N–H and O–H groups in total. The normalized spacial score (nSPS) is 9.57. The zero-order chi connectivity index (χ0) is 10.4. The number of hydrogen-bond donors (Lipinski definition) is 2. The summed E-state index contributed by atoms with van der Waals surface area (Å²) < 4.78 is 0. The van der Waals surface area contributed by atoms with Crippen LogP contribution in [0.3, 0.4) is 0 Å². The molecule has 0 saturated carbocycles. The van der Waals surface area contributed by atoms with Gasteiger partial charge in [-0.1, -0.05) is 17.7 Å². The highest BCUT2D eigenvalue weighted by Gasteiger charge is 1.91. The molecule has 0 radical (unpaired) electrons. The molecule has 0 atom stereocenters. The molecule has 0 spiro atoms. The minimum absolute atomic E-state index is 0.553. The van der Waals surface area contributed by atoms with Gasteiger partial charge in [-0.3, -0.25) is 0 Å². The molecule has 0 unspecified atom stereocenters. The van der Waals surface area contributed by atoms with Crippen LogP contribution in [0, 0.1) is 0 Å². The summed E-state index contributed by atoms with van der Waals surface area (Å²) in [6.45, 7) is 5.08. The highest BCUT2D eigenvalue weighted by molar-refractivity contribution is 5.42. The fourth-order valence-electron chi connectivity index (χ4n) is 1.11. The lowest BCUT2D eigenvalue weighted by molar-refractivity contribution is 1.03. The molecule has 0 aliphatic rings. The summed E-state index contributed by atoms with van der Waals surface area (Å²) >= 11 is 0. The summed E-state index contributed by atoms with van der Waals surface area (Å²) in [7, 11) is 0. The predicted octanol–water partition coefficient (Wildman–Crippen LogP) is 2.43. The summed E-state index contributed by atoms with van der Waals surface area (Å²) in [6, 6.07) is 5.59. The third kappa shape index (κ3) is 3.94. The van der Waals surface area contributed by atoms with Gasteiger partial charge in [0.1, 0.15) is 11.6 Å². The van der Waals surface area contributed by atoms with Gasteiger partial charge < -0.3 is 11.1 Å². The standard InChI is InChI=1S/C11H17N3/c1-9(2)5-4-8-13-11-7-3-6-10(12)14-11/h3,5-7H,4,8H2,1-2H3,(H3,12,13,14). The van der Waals surface area contributed by atoms with Gasteiger partial charge in [-0.2, -0.15) is 0 Å². The van der Waals surface area contributed by atoms with E-state index in [-0.39, 0.29) is 0 Å². The van der Waals surface area contributed by atoms with Crippen LogP contribution in [0.15, 0.2) is 29.8 Å². The first kappa shape index (κ1) is 10.6. The van der Waals surface area contributed by atoms with E-state index in [4.69, 9.17) is 5.73 Å². The summed E-state index contributed by atoms with van der Waals surface area (Å²) in [4.78, 5) is 4.14. The van der Waals surface area contributed by atoms with E-state index < -0.39 is 0 Å². The minimum Gasteiger partial charge on any atom is -0.384 e. The molecule has 3 nitrogen and oxygen atoms in total. The molecule has 0 fully saturated rings. The molecule has 3 heteroatoms. The third-order valence-electron chi connectivity index (χ3n) is 1.77. The highest BCUT2D eigenvalue weighted by atomic mass is 15.0. The van der Waals surface area contributed by atoms with Crippen molar-refractivity contribution >= 4 is 11.6 Å². The Labute approximate surface area is 85.0 Å². The quantitative estimate of drug-likeness (QED) is 0.567. The Bertz CT molecular complexity index is 314. The van der Waals surface area contributed by atoms with Crippen LogP contribution in [0.25, 0.3) is 0 Å². The van der Waals surface area contributed by atoms with Crippen LogP contribution in [-0.2, 0) is 0 Å². The molecular weight excluding hydrogens is 174 g/mol. The van der Waals surface area contributed by atoms with Gasteiger partial charge in [0.05, 0.1) is 0 Å². The van der Waals surface area contributed by atoms with Crippen LogP contribution >= 0.6 is 0 Å². The predicted molar refractivity (Wildman–Crippen MR) is 61.2 cm³/mol. The Morgan fingerprint density at radius 2 is 2.29 bits per heavy atom. The minimum atomic E-state index is 0.553. The van der Waals surface area contributed by atoms with Gasteiger partial charge in [-0.15, -0.1) is 0 Å². The molecule has 0 aromatic carbocycles. The molecule has 0 saturated heterocycles. The van der Waals surface area contributed by atoms with Crippen LogP contribution in [-0.4, -0.2) is 11.5 Å². The number of nitrogens with one attached hydrogen (secondary N) is 1. The van der Waals surface area contributed by atoms with Gasteiger partial charge in [0.2, 0.25) is 0 Å². The van der Waals surface area contributed by atoms with Gasteiger partial charge in [0.15, 0.2) is 0 Å². The van der Waals surface area contributed by atoms with Crippen molar-refractivity contribution in [3.63, 3.8) is 0 Å². The molecule has 1 heterocycles. The first-order chi connectivity index (χ1) is 6.68. The van der Waals surface area contributed by atoms with E-state index in [1.807, 2.05) is 12.1 Å². The number of rotatable bonds is 4. The molecule has 0 amide bonds. The number of hydrogen-bond acceptors (Lipinski definition) is 3. The summed E-state index contributed by atoms with van der Waals surface area (Å²) in [5.41, 5.74) is 6.89. The molecule has 0 aliphatic carbocycles. The van der Waals surface area contributed by atoms with Gasteiger partial charge >= 0.3 is 0 Å². The van der Waals surface area contributed by atoms with E-state index in [0.717, 1.165) is 18.8 Å². The lowest BCUT2D eigenvalue weighted by atomic mass is 10.3. The van der Waals surface area contributed by atoms with E-state index >= 15 is 0 Å². The number of anilines is 2. The van der Waals surface area contributed by atoms with Gasteiger partial charge in [0.25, 0.3) is 0 Å². The fourth-order valence-corrected chi connectivity index (χ4v) is 1.11. The molecule has 1 rings (SSSR count). The lowest BCUT2D eigenvalue weighted by Crippen LogP contribution is -2.03. The Morgan fingerprint density at radius 3 is 2.93 bits per heavy atom. The topological polar surface area (TPSA) is 50.9 Å². The van der Waals surface area contributed by atoms with Crippen molar-refractivity contribution in [1.29, 1.82) is 0 Å². The number of nitrogen functional groups attached to an aromatic ring is 1. The molecule has 14 heavy (non-hydrogen) atoms. The molecule has 1 aromatic rings. The second-order valence-electron chi connectivity index (χ2n) is 3.44. The highest BCUT2D eigenvalue weighted by Crippen LogP contribution is 2.05. The van der Waals surface area contributed by atoms with Crippen LogP contribution in [0.5, 0.6) is 0 Å². The second-order valence-corrected chi connectivity index (χ2v) is 3.44. The van der Waals surface area contributed by atoms with Crippen molar-refractivity contribution in [2.75, 3.05) is 17.6 Å². The summed E-state index contributed by atoms with van der Waals surface area (Å²) in [5.74, 6) is 1.39. The van der Waals surface area contributed by atoms with Crippen LogP contribution < -0.4 is 11.1 Å². The summed E-state index contributed by atoms with van der Waals surface area (Å²) in [5, 5.41) is 3.21. The number of nitrogens with zero attached hydrogens (tertiary/aromatic N) is 1. The second kappa shape index (κ2) is 5.27. The molecule has 1 aromatic heterocycles. The van der Waals surface area contributed by atoms with Crippen molar-refractivity contribution in [3.8, 4) is 0 Å². The van der Waals surface area contributed by atoms with E-state index in [0.29, 0.717) is 5.82 Å². The maximum atomic E-state index is 5.55. The van der Waals surface area contributed by atoms with Gasteiger partial charge in [-0.25, -0.2) is 4.98 Å². The zero-order valence-electron chi connectivity index (χ0n) is 8.75. The van der Waals surface area contributed by atoms with E-state index in [1.165, 1.54) is 5.57 Å². The first-order valence-corrected chi connectivity index (χ1v) is 4.78. The smallest absolute Gasteiger partial charge is 0.128 e. The van der Waals surface area contributed by atoms with Crippen LogP contribution in [0.4, 0.5) is 11.6 Å². The van der Waals surface area contributed by atoms with Gasteiger partial charge in [-0.05, 0) is 32.4 Å². The maximum absolute atomic E-state index is 5.55. The number of pyridine rings is 1. The van der Waals surface area contributed by atoms with Crippen LogP contribution in [0.2, 0.25) is 0 Å². The zero-order valence-corrected chi connectivity index (χ0v) is 8.75. The average Bonchev–Trinajstić information content (AvgIpc) is 2.12. The van der Waals surface area contributed by atoms with E-state index in [1.54, 1.807) is 6.07 Å². The Kier molecular flexibility index (Phi) is 3.98. The average molecular weight is 191 g/mol. The largest absolute Gasteiger partial charge is 0.384 e. The van der Waals surface area contributed by atoms with Crippen LogP contribution in [0.1, 0.15) is 20.3 Å². The van der Waals surface area contributed by atoms with E-state index in [9.17, 15) is 0 Å². The van der Waals surface area contributed by atoms with Crippen molar-refractivity contribution in [3.05, 3.63) is 29.8 Å². The monoisotopic (exact) mass is 191 g/mol. The molecule has 0 aliphatic heterocycles.